The average Bonchev–Trinajstić information content (AvgIpc) is 2.29. The molecule has 0 aliphatic rings. The van der Waals surface area contributed by atoms with Crippen molar-refractivity contribution in [3.8, 4) is 6.07 Å². The van der Waals surface area contributed by atoms with Crippen LogP contribution in [0.25, 0.3) is 0 Å². The molecule has 1 aromatic rings. The Labute approximate surface area is 90.5 Å². The molecule has 0 aliphatic heterocycles. The Hall–Kier alpha value is -1.36. The summed E-state index contributed by atoms with van der Waals surface area (Å²) in [6, 6.07) is 7.76. The van der Waals surface area contributed by atoms with E-state index in [2.05, 4.69) is 13.0 Å². The highest BCUT2D eigenvalue weighted by Crippen LogP contribution is 2.19. The largest absolute Gasteiger partial charge is 0.250 e. The summed E-state index contributed by atoms with van der Waals surface area (Å²) in [6.45, 7) is 3.36. The van der Waals surface area contributed by atoms with Crippen molar-refractivity contribution in [2.24, 2.45) is 0 Å². The predicted molar refractivity (Wildman–Crippen MR) is 59.1 cm³/mol. The zero-order valence-corrected chi connectivity index (χ0v) is 9.18. The van der Waals surface area contributed by atoms with Crippen LogP contribution < -0.4 is 0 Å². The van der Waals surface area contributed by atoms with E-state index in [0.29, 0.717) is 11.5 Å². The number of nitriles is 1. The molecule has 1 nitrogen and oxygen atoms in total. The summed E-state index contributed by atoms with van der Waals surface area (Å²) in [5.74, 6) is 0.676. The lowest BCUT2D eigenvalue weighted by atomic mass is 9.95. The van der Waals surface area contributed by atoms with Crippen LogP contribution in [-0.4, -0.2) is 6.67 Å². The highest BCUT2D eigenvalue weighted by molar-refractivity contribution is 5.44. The second-order valence-corrected chi connectivity index (χ2v) is 3.65. The van der Waals surface area contributed by atoms with Crippen LogP contribution in [0.3, 0.4) is 0 Å². The van der Waals surface area contributed by atoms with E-state index in [1.54, 1.807) is 13.0 Å². The fourth-order valence-corrected chi connectivity index (χ4v) is 1.51. The van der Waals surface area contributed by atoms with Crippen molar-refractivity contribution in [3.63, 3.8) is 0 Å². The summed E-state index contributed by atoms with van der Waals surface area (Å²) in [5, 5.41) is 8.97. The second-order valence-electron chi connectivity index (χ2n) is 3.65. The smallest absolute Gasteiger partial charge is 0.0997 e. The summed E-state index contributed by atoms with van der Waals surface area (Å²) >= 11 is 0. The average molecular weight is 204 g/mol. The van der Waals surface area contributed by atoms with E-state index < -0.39 is 6.67 Å². The third-order valence-electron chi connectivity index (χ3n) is 2.44. The second kappa shape index (κ2) is 5.50. The molecule has 0 unspecified atom stereocenters. The van der Waals surface area contributed by atoms with E-state index in [9.17, 15) is 4.39 Å². The van der Waals surface area contributed by atoms with Crippen molar-refractivity contribution in [3.05, 3.63) is 40.8 Å². The SMILES string of the molecule is CCCc1ccc([C](C)CF)cc1C#N. The van der Waals surface area contributed by atoms with Gasteiger partial charge in [0.05, 0.1) is 18.3 Å². The number of halogens is 1. The van der Waals surface area contributed by atoms with E-state index in [0.717, 1.165) is 24.0 Å². The van der Waals surface area contributed by atoms with Gasteiger partial charge in [-0.2, -0.15) is 5.26 Å². The highest BCUT2D eigenvalue weighted by atomic mass is 19.1. The first-order valence-electron chi connectivity index (χ1n) is 5.14. The maximum absolute atomic E-state index is 12.4. The quantitative estimate of drug-likeness (QED) is 0.737. The molecule has 0 aromatic heterocycles. The molecule has 0 heterocycles. The van der Waals surface area contributed by atoms with Gasteiger partial charge in [0.15, 0.2) is 0 Å². The zero-order valence-electron chi connectivity index (χ0n) is 9.18. The Bertz CT molecular complexity index is 365. The molecule has 79 valence electrons. The van der Waals surface area contributed by atoms with Crippen LogP contribution in [0.5, 0.6) is 0 Å². The van der Waals surface area contributed by atoms with Crippen molar-refractivity contribution < 1.29 is 4.39 Å². The fraction of sp³-hybridized carbons (Fsp3) is 0.385. The number of alkyl halides is 1. The zero-order chi connectivity index (χ0) is 11.3. The highest BCUT2D eigenvalue weighted by Gasteiger charge is 2.08. The van der Waals surface area contributed by atoms with Crippen molar-refractivity contribution in [2.45, 2.75) is 26.7 Å². The first-order chi connectivity index (χ1) is 7.22. The van der Waals surface area contributed by atoms with Crippen molar-refractivity contribution in [1.82, 2.24) is 0 Å². The Kier molecular flexibility index (Phi) is 4.30. The number of nitrogens with zero attached hydrogens (tertiary/aromatic N) is 1. The van der Waals surface area contributed by atoms with Gasteiger partial charge in [-0.1, -0.05) is 32.4 Å². The van der Waals surface area contributed by atoms with Crippen LogP contribution >= 0.6 is 0 Å². The van der Waals surface area contributed by atoms with Crippen LogP contribution in [-0.2, 0) is 6.42 Å². The number of benzene rings is 1. The van der Waals surface area contributed by atoms with Crippen LogP contribution in [0.2, 0.25) is 0 Å². The first-order valence-corrected chi connectivity index (χ1v) is 5.14. The molecule has 1 radical (unpaired) electrons. The van der Waals surface area contributed by atoms with Gasteiger partial charge in [-0.05, 0) is 23.6 Å². The minimum absolute atomic E-state index is 0.460. The maximum Gasteiger partial charge on any atom is 0.0997 e. The summed E-state index contributed by atoms with van der Waals surface area (Å²) in [4.78, 5) is 0. The minimum atomic E-state index is -0.460. The summed E-state index contributed by atoms with van der Waals surface area (Å²) in [5.41, 5.74) is 2.55. The summed E-state index contributed by atoms with van der Waals surface area (Å²) in [6.07, 6.45) is 1.91. The number of aryl methyl sites for hydroxylation is 1. The molecule has 0 atom stereocenters. The van der Waals surface area contributed by atoms with E-state index in [1.807, 2.05) is 12.1 Å². The normalized spacial score (nSPS) is 10.3. The molecule has 15 heavy (non-hydrogen) atoms. The van der Waals surface area contributed by atoms with Gasteiger partial charge in [-0.3, -0.25) is 4.39 Å². The molecule has 0 saturated carbocycles. The van der Waals surface area contributed by atoms with Gasteiger partial charge in [-0.15, -0.1) is 0 Å². The molecule has 1 aromatic carbocycles. The molecule has 0 amide bonds. The molecule has 0 bridgehead atoms. The fourth-order valence-electron chi connectivity index (χ4n) is 1.51. The standard InChI is InChI=1S/C13H15FN/c1-3-4-11-5-6-12(10(2)8-14)7-13(11)9-15/h5-7H,3-4,8H2,1-2H3. The maximum atomic E-state index is 12.4. The molecular formula is C13H15FN. The number of hydrogen-bond donors (Lipinski definition) is 0. The lowest BCUT2D eigenvalue weighted by Gasteiger charge is -2.09. The third-order valence-corrected chi connectivity index (χ3v) is 2.44. The molecule has 0 saturated heterocycles. The van der Waals surface area contributed by atoms with Crippen molar-refractivity contribution in [1.29, 1.82) is 5.26 Å². The van der Waals surface area contributed by atoms with Crippen molar-refractivity contribution in [2.75, 3.05) is 6.67 Å². The summed E-state index contributed by atoms with van der Waals surface area (Å²) in [7, 11) is 0. The van der Waals surface area contributed by atoms with Gasteiger partial charge < -0.3 is 0 Å². The molecule has 0 N–H and O–H groups in total. The van der Waals surface area contributed by atoms with Gasteiger partial charge in [0.25, 0.3) is 0 Å². The van der Waals surface area contributed by atoms with E-state index in [-0.39, 0.29) is 0 Å². The van der Waals surface area contributed by atoms with Crippen LogP contribution in [0, 0.1) is 17.2 Å². The van der Waals surface area contributed by atoms with E-state index in [1.165, 1.54) is 0 Å². The van der Waals surface area contributed by atoms with Crippen LogP contribution in [0.15, 0.2) is 18.2 Å². The van der Waals surface area contributed by atoms with Gasteiger partial charge >= 0.3 is 0 Å². The van der Waals surface area contributed by atoms with Crippen LogP contribution in [0.1, 0.15) is 37.0 Å². The van der Waals surface area contributed by atoms with Gasteiger partial charge in [0.1, 0.15) is 0 Å². The monoisotopic (exact) mass is 204 g/mol. The minimum Gasteiger partial charge on any atom is -0.250 e. The lowest BCUT2D eigenvalue weighted by molar-refractivity contribution is 0.516. The first kappa shape index (κ1) is 11.7. The molecule has 0 aliphatic carbocycles. The predicted octanol–water partition coefficient (Wildman–Crippen LogP) is 3.42. The molecular weight excluding hydrogens is 189 g/mol. The Morgan fingerprint density at radius 2 is 2.20 bits per heavy atom. The van der Waals surface area contributed by atoms with E-state index >= 15 is 0 Å². The van der Waals surface area contributed by atoms with E-state index in [4.69, 9.17) is 5.26 Å². The van der Waals surface area contributed by atoms with Crippen LogP contribution in [0.4, 0.5) is 4.39 Å². The lowest BCUT2D eigenvalue weighted by Crippen LogP contribution is -1.99. The van der Waals surface area contributed by atoms with Gasteiger partial charge in [-0.25, -0.2) is 0 Å². The van der Waals surface area contributed by atoms with Crippen molar-refractivity contribution >= 4 is 0 Å². The Balaban J connectivity index is 3.03. The molecule has 0 spiro atoms. The Morgan fingerprint density at radius 1 is 1.47 bits per heavy atom. The summed E-state index contributed by atoms with van der Waals surface area (Å²) < 4.78 is 12.4. The van der Waals surface area contributed by atoms with Gasteiger partial charge in [0.2, 0.25) is 0 Å². The Morgan fingerprint density at radius 3 is 2.73 bits per heavy atom. The molecule has 2 heteroatoms. The molecule has 1 rings (SSSR count). The molecule has 0 fully saturated rings. The topological polar surface area (TPSA) is 23.8 Å². The van der Waals surface area contributed by atoms with Gasteiger partial charge in [0, 0.05) is 5.92 Å². The number of rotatable bonds is 4. The number of hydrogen-bond acceptors (Lipinski definition) is 1. The third kappa shape index (κ3) is 2.79.